The molecule has 1 aromatic heterocycles. The van der Waals surface area contributed by atoms with Gasteiger partial charge in [0.2, 0.25) is 0 Å². The minimum Gasteiger partial charge on any atom is -0.310 e. The third-order valence-electron chi connectivity index (χ3n) is 3.81. The normalized spacial score (nSPS) is 12.6. The van der Waals surface area contributed by atoms with Crippen molar-refractivity contribution in [3.63, 3.8) is 0 Å². The first-order valence-electron chi connectivity index (χ1n) is 8.43. The Kier molecular flexibility index (Phi) is 9.31. The Morgan fingerprint density at radius 3 is 2.50 bits per heavy atom. The van der Waals surface area contributed by atoms with E-state index in [-0.39, 0.29) is 0 Å². The van der Waals surface area contributed by atoms with Crippen LogP contribution >= 0.6 is 0 Å². The number of nitrogens with one attached hydrogen (secondary N) is 1. The molecule has 0 aliphatic carbocycles. The minimum atomic E-state index is 0.503. The number of unbranched alkanes of at least 4 members (excludes halogenated alkanes) is 5. The molecular weight excluding hydrogens is 244 g/mol. The highest BCUT2D eigenvalue weighted by Crippen LogP contribution is 2.20. The summed E-state index contributed by atoms with van der Waals surface area (Å²) >= 11 is 0. The molecule has 2 nitrogen and oxygen atoms in total. The highest BCUT2D eigenvalue weighted by Gasteiger charge is 2.10. The Hall–Kier alpha value is -0.890. The SMILES string of the molecule is CCCCCCCCC(NCCC)c1ccnc(C)c1. The maximum Gasteiger partial charge on any atom is 0.0375 e. The summed E-state index contributed by atoms with van der Waals surface area (Å²) < 4.78 is 0. The Morgan fingerprint density at radius 1 is 1.05 bits per heavy atom. The van der Waals surface area contributed by atoms with Crippen LogP contribution in [0, 0.1) is 6.92 Å². The van der Waals surface area contributed by atoms with Crippen molar-refractivity contribution in [2.75, 3.05) is 6.54 Å². The highest BCUT2D eigenvalue weighted by molar-refractivity contribution is 5.19. The van der Waals surface area contributed by atoms with Crippen LogP contribution in [0.1, 0.15) is 82.5 Å². The average Bonchev–Trinajstić information content (AvgIpc) is 2.45. The minimum absolute atomic E-state index is 0.503. The molecule has 0 radical (unpaired) electrons. The van der Waals surface area contributed by atoms with Crippen molar-refractivity contribution in [1.29, 1.82) is 0 Å². The number of nitrogens with zero attached hydrogens (tertiary/aromatic N) is 1. The predicted molar refractivity (Wildman–Crippen MR) is 88.0 cm³/mol. The summed E-state index contributed by atoms with van der Waals surface area (Å²) in [4.78, 5) is 4.30. The summed E-state index contributed by atoms with van der Waals surface area (Å²) in [6, 6.07) is 4.89. The van der Waals surface area contributed by atoms with Crippen LogP contribution in [0.25, 0.3) is 0 Å². The predicted octanol–water partition coefficient (Wildman–Crippen LogP) is 5.18. The fraction of sp³-hybridized carbons (Fsp3) is 0.722. The Balaban J connectivity index is 2.40. The van der Waals surface area contributed by atoms with E-state index in [0.717, 1.165) is 12.2 Å². The molecule has 2 heteroatoms. The molecule has 1 heterocycles. The van der Waals surface area contributed by atoms with Gasteiger partial charge in [-0.05, 0) is 44.0 Å². The van der Waals surface area contributed by atoms with Gasteiger partial charge in [-0.2, -0.15) is 0 Å². The Morgan fingerprint density at radius 2 is 1.80 bits per heavy atom. The quantitative estimate of drug-likeness (QED) is 0.563. The van der Waals surface area contributed by atoms with E-state index in [1.807, 2.05) is 6.20 Å². The van der Waals surface area contributed by atoms with E-state index in [1.54, 1.807) is 0 Å². The lowest BCUT2D eigenvalue weighted by Gasteiger charge is -2.19. The molecule has 0 spiro atoms. The summed E-state index contributed by atoms with van der Waals surface area (Å²) in [7, 11) is 0. The summed E-state index contributed by atoms with van der Waals surface area (Å²) in [5.74, 6) is 0. The van der Waals surface area contributed by atoms with Gasteiger partial charge < -0.3 is 5.32 Å². The topological polar surface area (TPSA) is 24.9 Å². The number of rotatable bonds is 11. The van der Waals surface area contributed by atoms with E-state index < -0.39 is 0 Å². The van der Waals surface area contributed by atoms with Gasteiger partial charge in [-0.1, -0.05) is 52.4 Å². The van der Waals surface area contributed by atoms with E-state index in [1.165, 1.54) is 56.9 Å². The first-order valence-corrected chi connectivity index (χ1v) is 8.43. The zero-order chi connectivity index (χ0) is 14.6. The van der Waals surface area contributed by atoms with Gasteiger partial charge in [0.1, 0.15) is 0 Å². The molecule has 0 amide bonds. The van der Waals surface area contributed by atoms with Crippen LogP contribution in [0.2, 0.25) is 0 Å². The number of hydrogen-bond donors (Lipinski definition) is 1. The van der Waals surface area contributed by atoms with E-state index in [4.69, 9.17) is 0 Å². The van der Waals surface area contributed by atoms with Crippen molar-refractivity contribution in [2.45, 2.75) is 78.2 Å². The standard InChI is InChI=1S/C18H32N2/c1-4-6-7-8-9-10-11-18(20-13-5-2)17-12-14-19-16(3)15-17/h12,14-15,18,20H,4-11,13H2,1-3H3. The molecule has 20 heavy (non-hydrogen) atoms. The third kappa shape index (κ3) is 7.04. The molecule has 0 saturated carbocycles. The van der Waals surface area contributed by atoms with Gasteiger partial charge in [0.05, 0.1) is 0 Å². The number of aryl methyl sites for hydroxylation is 1. The zero-order valence-electron chi connectivity index (χ0n) is 13.6. The Bertz CT molecular complexity index is 349. The molecule has 1 unspecified atom stereocenters. The fourth-order valence-corrected chi connectivity index (χ4v) is 2.62. The van der Waals surface area contributed by atoms with Crippen molar-refractivity contribution < 1.29 is 0 Å². The smallest absolute Gasteiger partial charge is 0.0375 e. The molecule has 1 aromatic rings. The molecule has 114 valence electrons. The molecule has 1 N–H and O–H groups in total. The van der Waals surface area contributed by atoms with Crippen molar-refractivity contribution in [1.82, 2.24) is 10.3 Å². The zero-order valence-corrected chi connectivity index (χ0v) is 13.6. The largest absolute Gasteiger partial charge is 0.310 e. The van der Waals surface area contributed by atoms with Gasteiger partial charge in [0.25, 0.3) is 0 Å². The molecule has 0 fully saturated rings. The Labute approximate surface area is 125 Å². The van der Waals surface area contributed by atoms with Crippen LogP contribution in [-0.4, -0.2) is 11.5 Å². The fourth-order valence-electron chi connectivity index (χ4n) is 2.62. The van der Waals surface area contributed by atoms with Gasteiger partial charge in [0, 0.05) is 17.9 Å². The summed E-state index contributed by atoms with van der Waals surface area (Å²) in [5.41, 5.74) is 2.52. The molecular formula is C18H32N2. The number of aromatic nitrogens is 1. The summed E-state index contributed by atoms with van der Waals surface area (Å²) in [6.07, 6.45) is 12.6. The van der Waals surface area contributed by atoms with Gasteiger partial charge >= 0.3 is 0 Å². The second-order valence-electron chi connectivity index (χ2n) is 5.79. The first kappa shape index (κ1) is 17.2. The summed E-state index contributed by atoms with van der Waals surface area (Å²) in [6.45, 7) is 7.68. The maximum absolute atomic E-state index is 4.30. The van der Waals surface area contributed by atoms with Gasteiger partial charge in [-0.3, -0.25) is 4.98 Å². The second-order valence-corrected chi connectivity index (χ2v) is 5.79. The molecule has 0 aliphatic rings. The van der Waals surface area contributed by atoms with Crippen LogP contribution in [-0.2, 0) is 0 Å². The summed E-state index contributed by atoms with van der Waals surface area (Å²) in [5, 5.41) is 3.69. The van der Waals surface area contributed by atoms with Crippen molar-refractivity contribution in [3.05, 3.63) is 29.6 Å². The van der Waals surface area contributed by atoms with E-state index in [0.29, 0.717) is 6.04 Å². The maximum atomic E-state index is 4.30. The van der Waals surface area contributed by atoms with E-state index in [9.17, 15) is 0 Å². The molecule has 0 aromatic carbocycles. The van der Waals surface area contributed by atoms with Crippen molar-refractivity contribution in [3.8, 4) is 0 Å². The lowest BCUT2D eigenvalue weighted by atomic mass is 9.99. The van der Waals surface area contributed by atoms with Crippen LogP contribution in [0.4, 0.5) is 0 Å². The van der Waals surface area contributed by atoms with Gasteiger partial charge in [-0.15, -0.1) is 0 Å². The lowest BCUT2D eigenvalue weighted by molar-refractivity contribution is 0.466. The van der Waals surface area contributed by atoms with Crippen LogP contribution < -0.4 is 5.32 Å². The monoisotopic (exact) mass is 276 g/mol. The van der Waals surface area contributed by atoms with Crippen LogP contribution in [0.3, 0.4) is 0 Å². The first-order chi connectivity index (χ1) is 9.77. The number of pyridine rings is 1. The molecule has 0 aliphatic heterocycles. The second kappa shape index (κ2) is 10.8. The van der Waals surface area contributed by atoms with E-state index >= 15 is 0 Å². The van der Waals surface area contributed by atoms with Crippen molar-refractivity contribution in [2.24, 2.45) is 0 Å². The third-order valence-corrected chi connectivity index (χ3v) is 3.81. The number of hydrogen-bond acceptors (Lipinski definition) is 2. The lowest BCUT2D eigenvalue weighted by Crippen LogP contribution is -2.22. The highest BCUT2D eigenvalue weighted by atomic mass is 14.9. The van der Waals surface area contributed by atoms with Gasteiger partial charge in [0.15, 0.2) is 0 Å². The molecule has 0 bridgehead atoms. The van der Waals surface area contributed by atoms with Crippen LogP contribution in [0.5, 0.6) is 0 Å². The molecule has 1 atom stereocenters. The van der Waals surface area contributed by atoms with Crippen molar-refractivity contribution >= 4 is 0 Å². The van der Waals surface area contributed by atoms with Gasteiger partial charge in [-0.25, -0.2) is 0 Å². The molecule has 1 rings (SSSR count). The molecule has 0 saturated heterocycles. The average molecular weight is 276 g/mol. The van der Waals surface area contributed by atoms with E-state index in [2.05, 4.69) is 43.2 Å². The van der Waals surface area contributed by atoms with Crippen LogP contribution in [0.15, 0.2) is 18.3 Å².